The highest BCUT2D eigenvalue weighted by Gasteiger charge is 2.17. The van der Waals surface area contributed by atoms with E-state index in [2.05, 4.69) is 15.3 Å². The van der Waals surface area contributed by atoms with Gasteiger partial charge >= 0.3 is 5.69 Å². The molecule has 1 saturated carbocycles. The molecule has 0 atom stereocenters. The van der Waals surface area contributed by atoms with Gasteiger partial charge in [-0.25, -0.2) is 9.78 Å². The number of nitrogens with zero attached hydrogens (tertiary/aromatic N) is 2. The maximum atomic E-state index is 12.3. The van der Waals surface area contributed by atoms with Crippen LogP contribution in [0.4, 0.5) is 0 Å². The van der Waals surface area contributed by atoms with Gasteiger partial charge in [-0.3, -0.25) is 14.2 Å². The quantitative estimate of drug-likeness (QED) is 0.860. The summed E-state index contributed by atoms with van der Waals surface area (Å²) in [5, 5.41) is 2.81. The molecule has 128 valence electrons. The van der Waals surface area contributed by atoms with Crippen LogP contribution in [0.25, 0.3) is 11.0 Å². The van der Waals surface area contributed by atoms with Crippen LogP contribution in [0.1, 0.15) is 38.5 Å². The van der Waals surface area contributed by atoms with Gasteiger partial charge in [-0.15, -0.1) is 0 Å². The molecule has 2 N–H and O–H groups in total. The molecule has 24 heavy (non-hydrogen) atoms. The molecule has 0 aliphatic heterocycles. The molecule has 0 unspecified atom stereocenters. The van der Waals surface area contributed by atoms with Gasteiger partial charge in [0.05, 0.1) is 5.52 Å². The maximum absolute atomic E-state index is 12.3. The topological polar surface area (TPSA) is 96.8 Å². The fourth-order valence-electron chi connectivity index (χ4n) is 3.32. The van der Waals surface area contributed by atoms with Gasteiger partial charge in [-0.05, 0) is 30.9 Å². The number of amides is 1. The smallest absolute Gasteiger partial charge is 0.328 e. The standard InChI is InChI=1S/C17H22N4O3/c22-14(11-12-5-2-1-3-6-12)18-9-10-21-16(23)15-13(20-17(21)24)7-4-8-19-15/h4,7-8,12H,1-3,5-6,9-11H2,(H,18,22)(H,20,24). The Kier molecular flexibility index (Phi) is 5.08. The summed E-state index contributed by atoms with van der Waals surface area (Å²) < 4.78 is 1.08. The lowest BCUT2D eigenvalue weighted by Gasteiger charge is -2.20. The molecule has 2 aromatic heterocycles. The Balaban J connectivity index is 1.60. The van der Waals surface area contributed by atoms with Gasteiger partial charge < -0.3 is 10.3 Å². The van der Waals surface area contributed by atoms with Crippen molar-refractivity contribution in [3.8, 4) is 0 Å². The number of aromatic amines is 1. The van der Waals surface area contributed by atoms with E-state index < -0.39 is 11.2 Å². The van der Waals surface area contributed by atoms with Crippen LogP contribution >= 0.6 is 0 Å². The number of nitrogens with one attached hydrogen (secondary N) is 2. The van der Waals surface area contributed by atoms with E-state index in [1.807, 2.05) is 0 Å². The van der Waals surface area contributed by atoms with E-state index in [4.69, 9.17) is 0 Å². The van der Waals surface area contributed by atoms with Gasteiger partial charge in [0.15, 0.2) is 5.52 Å². The van der Waals surface area contributed by atoms with Crippen LogP contribution in [0, 0.1) is 5.92 Å². The highest BCUT2D eigenvalue weighted by atomic mass is 16.2. The highest BCUT2D eigenvalue weighted by Crippen LogP contribution is 2.25. The van der Waals surface area contributed by atoms with Gasteiger partial charge in [0, 0.05) is 25.7 Å². The van der Waals surface area contributed by atoms with Crippen molar-refractivity contribution in [2.75, 3.05) is 6.54 Å². The van der Waals surface area contributed by atoms with Gasteiger partial charge in [-0.1, -0.05) is 19.3 Å². The lowest BCUT2D eigenvalue weighted by molar-refractivity contribution is -0.122. The molecule has 3 rings (SSSR count). The number of carbonyl (C=O) groups is 1. The number of carbonyl (C=O) groups excluding carboxylic acids is 1. The van der Waals surface area contributed by atoms with Crippen molar-refractivity contribution in [3.05, 3.63) is 39.2 Å². The predicted octanol–water partition coefficient (Wildman–Crippen LogP) is 1.17. The number of hydrogen-bond acceptors (Lipinski definition) is 4. The molecule has 2 aromatic rings. The van der Waals surface area contributed by atoms with E-state index >= 15 is 0 Å². The molecular weight excluding hydrogens is 308 g/mol. The molecule has 0 radical (unpaired) electrons. The Hall–Kier alpha value is -2.44. The minimum atomic E-state index is -0.484. The van der Waals surface area contributed by atoms with Crippen LogP contribution in [0.3, 0.4) is 0 Å². The fourth-order valence-corrected chi connectivity index (χ4v) is 3.32. The summed E-state index contributed by atoms with van der Waals surface area (Å²) in [5.74, 6) is 0.458. The van der Waals surface area contributed by atoms with Crippen LogP contribution in [0.2, 0.25) is 0 Å². The van der Waals surface area contributed by atoms with Crippen LogP contribution in [0.15, 0.2) is 27.9 Å². The number of H-pyrrole nitrogens is 1. The lowest BCUT2D eigenvalue weighted by Crippen LogP contribution is -2.39. The third-order valence-electron chi connectivity index (χ3n) is 4.60. The molecule has 0 saturated heterocycles. The zero-order valence-electron chi connectivity index (χ0n) is 13.6. The second-order valence-electron chi connectivity index (χ2n) is 6.34. The van der Waals surface area contributed by atoms with Crippen molar-refractivity contribution < 1.29 is 4.79 Å². The summed E-state index contributed by atoms with van der Waals surface area (Å²) in [4.78, 5) is 43.0. The summed E-state index contributed by atoms with van der Waals surface area (Å²) in [5.41, 5.74) is -0.270. The monoisotopic (exact) mass is 330 g/mol. The summed E-state index contributed by atoms with van der Waals surface area (Å²) in [7, 11) is 0. The average molecular weight is 330 g/mol. The van der Waals surface area contributed by atoms with Crippen molar-refractivity contribution in [1.82, 2.24) is 19.9 Å². The fraction of sp³-hybridized carbons (Fsp3) is 0.529. The molecule has 7 nitrogen and oxygen atoms in total. The van der Waals surface area contributed by atoms with E-state index in [9.17, 15) is 14.4 Å². The molecule has 1 amide bonds. The Morgan fingerprint density at radius 1 is 1.29 bits per heavy atom. The van der Waals surface area contributed by atoms with Gasteiger partial charge in [0.2, 0.25) is 5.91 Å². The zero-order valence-corrected chi connectivity index (χ0v) is 13.6. The van der Waals surface area contributed by atoms with Gasteiger partial charge in [0.1, 0.15) is 0 Å². The molecule has 1 fully saturated rings. The van der Waals surface area contributed by atoms with Crippen molar-refractivity contribution >= 4 is 16.9 Å². The predicted molar refractivity (Wildman–Crippen MR) is 90.8 cm³/mol. The van der Waals surface area contributed by atoms with Crippen LogP contribution < -0.4 is 16.6 Å². The first kappa shape index (κ1) is 16.4. The first-order valence-corrected chi connectivity index (χ1v) is 8.49. The number of aromatic nitrogens is 3. The minimum absolute atomic E-state index is 0.00899. The van der Waals surface area contributed by atoms with Crippen molar-refractivity contribution in [2.45, 2.75) is 45.1 Å². The minimum Gasteiger partial charge on any atom is -0.354 e. The number of rotatable bonds is 5. The Bertz CT molecular complexity index is 834. The highest BCUT2D eigenvalue weighted by molar-refractivity contribution is 5.76. The van der Waals surface area contributed by atoms with E-state index in [0.717, 1.165) is 17.4 Å². The molecule has 0 spiro atoms. The molecule has 1 aliphatic carbocycles. The zero-order chi connectivity index (χ0) is 16.9. The molecule has 7 heteroatoms. The third kappa shape index (κ3) is 3.72. The first-order chi connectivity index (χ1) is 11.6. The Morgan fingerprint density at radius 2 is 2.08 bits per heavy atom. The van der Waals surface area contributed by atoms with E-state index in [1.54, 1.807) is 12.1 Å². The van der Waals surface area contributed by atoms with E-state index in [-0.39, 0.29) is 24.5 Å². The SMILES string of the molecule is O=C(CC1CCCCC1)NCCn1c(=O)[nH]c2cccnc2c1=O. The molecule has 2 heterocycles. The second kappa shape index (κ2) is 7.42. The van der Waals surface area contributed by atoms with Crippen molar-refractivity contribution in [3.63, 3.8) is 0 Å². The van der Waals surface area contributed by atoms with E-state index in [0.29, 0.717) is 17.9 Å². The molecular formula is C17H22N4O3. The summed E-state index contributed by atoms with van der Waals surface area (Å²) in [6.07, 6.45) is 7.94. The van der Waals surface area contributed by atoms with Crippen LogP contribution in [-0.4, -0.2) is 27.0 Å². The summed E-state index contributed by atoms with van der Waals surface area (Å²) in [6, 6.07) is 3.30. The first-order valence-electron chi connectivity index (χ1n) is 8.49. The van der Waals surface area contributed by atoms with Crippen molar-refractivity contribution in [1.29, 1.82) is 0 Å². The Labute approximate surface area is 139 Å². The Morgan fingerprint density at radius 3 is 2.88 bits per heavy atom. The van der Waals surface area contributed by atoms with Crippen LogP contribution in [0.5, 0.6) is 0 Å². The van der Waals surface area contributed by atoms with Gasteiger partial charge in [-0.2, -0.15) is 0 Å². The molecule has 0 bridgehead atoms. The summed E-state index contributed by atoms with van der Waals surface area (Å²) in [6.45, 7) is 0.393. The molecule has 0 aromatic carbocycles. The largest absolute Gasteiger partial charge is 0.354 e. The maximum Gasteiger partial charge on any atom is 0.328 e. The third-order valence-corrected chi connectivity index (χ3v) is 4.60. The number of fused-ring (bicyclic) bond motifs is 1. The van der Waals surface area contributed by atoms with Gasteiger partial charge in [0.25, 0.3) is 5.56 Å². The second-order valence-corrected chi connectivity index (χ2v) is 6.34. The molecule has 1 aliphatic rings. The normalized spacial score (nSPS) is 15.5. The average Bonchev–Trinajstić information content (AvgIpc) is 2.59. The number of hydrogen-bond donors (Lipinski definition) is 2. The lowest BCUT2D eigenvalue weighted by atomic mass is 9.87. The van der Waals surface area contributed by atoms with Crippen molar-refractivity contribution in [2.24, 2.45) is 5.92 Å². The van der Waals surface area contributed by atoms with Crippen LogP contribution in [-0.2, 0) is 11.3 Å². The number of pyridine rings is 1. The summed E-state index contributed by atoms with van der Waals surface area (Å²) >= 11 is 0. The van der Waals surface area contributed by atoms with E-state index in [1.165, 1.54) is 25.5 Å².